The lowest BCUT2D eigenvalue weighted by Crippen LogP contribution is -2.07. The molecule has 0 spiro atoms. The van der Waals surface area contributed by atoms with Crippen molar-refractivity contribution in [1.29, 1.82) is 0 Å². The molecular formula is C12H16O5S2. The van der Waals surface area contributed by atoms with Crippen LogP contribution in [0.2, 0.25) is 0 Å². The first-order valence-corrected chi connectivity index (χ1v) is 8.81. The van der Waals surface area contributed by atoms with E-state index in [1.807, 2.05) is 0 Å². The minimum atomic E-state index is -2.91. The van der Waals surface area contributed by atoms with Crippen molar-refractivity contribution in [2.24, 2.45) is 0 Å². The normalized spacial score (nSPS) is 11.2. The lowest BCUT2D eigenvalue weighted by Gasteiger charge is -2.06. The lowest BCUT2D eigenvalue weighted by molar-refractivity contribution is 0.0696. The summed E-state index contributed by atoms with van der Waals surface area (Å²) >= 11 is 1.49. The standard InChI is InChI=1S/C12H16O5S2/c1-19(15,16)8-7-18-6-5-17-11-4-2-3-10(9-11)12(13)14/h2-4,9H,5-8H2,1H3,(H,13,14). The molecule has 19 heavy (non-hydrogen) atoms. The molecule has 0 aliphatic heterocycles. The summed E-state index contributed by atoms with van der Waals surface area (Å²) in [6, 6.07) is 6.27. The predicted molar refractivity (Wildman–Crippen MR) is 75.9 cm³/mol. The second-order valence-electron chi connectivity index (χ2n) is 3.92. The number of hydrogen-bond donors (Lipinski definition) is 1. The molecular weight excluding hydrogens is 288 g/mol. The molecule has 0 bridgehead atoms. The summed E-state index contributed by atoms with van der Waals surface area (Å²) in [5.41, 5.74) is 0.183. The number of carbonyl (C=O) groups is 1. The van der Waals surface area contributed by atoms with Gasteiger partial charge >= 0.3 is 5.97 Å². The third-order valence-corrected chi connectivity index (χ3v) is 4.33. The number of sulfone groups is 1. The fourth-order valence-corrected chi connectivity index (χ4v) is 3.34. The summed E-state index contributed by atoms with van der Waals surface area (Å²) in [4.78, 5) is 10.7. The van der Waals surface area contributed by atoms with E-state index in [9.17, 15) is 13.2 Å². The van der Waals surface area contributed by atoms with Crippen LogP contribution in [-0.2, 0) is 9.84 Å². The number of thioether (sulfide) groups is 1. The molecule has 1 aromatic carbocycles. The van der Waals surface area contributed by atoms with Crippen molar-refractivity contribution in [3.8, 4) is 5.75 Å². The highest BCUT2D eigenvalue weighted by Crippen LogP contribution is 2.13. The molecule has 0 aliphatic carbocycles. The van der Waals surface area contributed by atoms with E-state index in [4.69, 9.17) is 9.84 Å². The molecule has 1 rings (SSSR count). The van der Waals surface area contributed by atoms with Gasteiger partial charge in [0, 0.05) is 17.8 Å². The molecule has 0 saturated carbocycles. The quantitative estimate of drug-likeness (QED) is 0.734. The molecule has 5 nitrogen and oxygen atoms in total. The van der Waals surface area contributed by atoms with Crippen molar-refractivity contribution in [3.05, 3.63) is 29.8 Å². The molecule has 0 unspecified atom stereocenters. The largest absolute Gasteiger partial charge is 0.493 e. The molecule has 1 N–H and O–H groups in total. The third-order valence-electron chi connectivity index (χ3n) is 2.18. The van der Waals surface area contributed by atoms with Gasteiger partial charge in [0.1, 0.15) is 15.6 Å². The second kappa shape index (κ2) is 7.40. The van der Waals surface area contributed by atoms with Crippen LogP contribution in [0.25, 0.3) is 0 Å². The van der Waals surface area contributed by atoms with Crippen LogP contribution in [0.3, 0.4) is 0 Å². The molecule has 0 heterocycles. The van der Waals surface area contributed by atoms with E-state index < -0.39 is 15.8 Å². The number of aromatic carboxylic acids is 1. The van der Waals surface area contributed by atoms with Gasteiger partial charge in [-0.1, -0.05) is 6.07 Å². The molecule has 7 heteroatoms. The van der Waals surface area contributed by atoms with E-state index in [0.29, 0.717) is 23.9 Å². The van der Waals surface area contributed by atoms with Crippen LogP contribution in [0.1, 0.15) is 10.4 Å². The SMILES string of the molecule is CS(=O)(=O)CCSCCOc1cccc(C(=O)O)c1. The smallest absolute Gasteiger partial charge is 0.335 e. The van der Waals surface area contributed by atoms with E-state index in [2.05, 4.69) is 0 Å². The fourth-order valence-electron chi connectivity index (χ4n) is 1.25. The van der Waals surface area contributed by atoms with Gasteiger partial charge in [-0.05, 0) is 18.2 Å². The van der Waals surface area contributed by atoms with Crippen molar-refractivity contribution in [2.45, 2.75) is 0 Å². The van der Waals surface area contributed by atoms with E-state index in [0.717, 1.165) is 0 Å². The molecule has 0 fully saturated rings. The van der Waals surface area contributed by atoms with Gasteiger partial charge in [0.25, 0.3) is 0 Å². The number of ether oxygens (including phenoxy) is 1. The Bertz CT molecular complexity index is 525. The zero-order valence-corrected chi connectivity index (χ0v) is 12.2. The first kappa shape index (κ1) is 15.8. The van der Waals surface area contributed by atoms with Crippen molar-refractivity contribution in [3.63, 3.8) is 0 Å². The average molecular weight is 304 g/mol. The maximum Gasteiger partial charge on any atom is 0.335 e. The van der Waals surface area contributed by atoms with Crippen LogP contribution in [0.5, 0.6) is 5.75 Å². The van der Waals surface area contributed by atoms with E-state index in [1.54, 1.807) is 12.1 Å². The number of carboxylic acid groups (broad SMARTS) is 1. The minimum Gasteiger partial charge on any atom is -0.493 e. The van der Waals surface area contributed by atoms with Crippen LogP contribution in [-0.4, -0.2) is 49.6 Å². The highest BCUT2D eigenvalue weighted by atomic mass is 32.2. The monoisotopic (exact) mass is 304 g/mol. The third kappa shape index (κ3) is 7.07. The number of benzene rings is 1. The van der Waals surface area contributed by atoms with Gasteiger partial charge in [0.05, 0.1) is 17.9 Å². The maximum absolute atomic E-state index is 10.9. The molecule has 0 atom stereocenters. The number of hydrogen-bond acceptors (Lipinski definition) is 5. The Morgan fingerprint density at radius 2 is 2.11 bits per heavy atom. The molecule has 1 aromatic rings. The highest BCUT2D eigenvalue weighted by molar-refractivity contribution is 8.00. The van der Waals surface area contributed by atoms with Gasteiger partial charge in [0.2, 0.25) is 0 Å². The van der Waals surface area contributed by atoms with Gasteiger partial charge < -0.3 is 9.84 Å². The Morgan fingerprint density at radius 1 is 1.37 bits per heavy atom. The second-order valence-corrected chi connectivity index (χ2v) is 7.41. The van der Waals surface area contributed by atoms with Gasteiger partial charge in [-0.15, -0.1) is 0 Å². The first-order valence-electron chi connectivity index (χ1n) is 5.60. The molecule has 0 saturated heterocycles. The van der Waals surface area contributed by atoms with Crippen molar-refractivity contribution in [1.82, 2.24) is 0 Å². The van der Waals surface area contributed by atoms with Gasteiger partial charge in [-0.3, -0.25) is 0 Å². The average Bonchev–Trinajstić information content (AvgIpc) is 2.32. The van der Waals surface area contributed by atoms with Gasteiger partial charge in [-0.25, -0.2) is 13.2 Å². The molecule has 0 amide bonds. The molecule has 0 aromatic heterocycles. The number of carboxylic acids is 1. The molecule has 106 valence electrons. The first-order chi connectivity index (χ1) is 8.88. The summed E-state index contributed by atoms with van der Waals surface area (Å²) in [6.07, 6.45) is 1.21. The summed E-state index contributed by atoms with van der Waals surface area (Å²) < 4.78 is 27.2. The summed E-state index contributed by atoms with van der Waals surface area (Å²) in [7, 11) is -2.91. The Morgan fingerprint density at radius 3 is 2.74 bits per heavy atom. The zero-order chi connectivity index (χ0) is 14.3. The van der Waals surface area contributed by atoms with Crippen LogP contribution in [0.15, 0.2) is 24.3 Å². The Kier molecular flexibility index (Phi) is 6.17. The maximum atomic E-state index is 10.9. The predicted octanol–water partition coefficient (Wildman–Crippen LogP) is 1.54. The number of rotatable bonds is 8. The minimum absolute atomic E-state index is 0.159. The Labute approximate surface area is 116 Å². The lowest BCUT2D eigenvalue weighted by atomic mass is 10.2. The van der Waals surface area contributed by atoms with Crippen LogP contribution < -0.4 is 4.74 Å². The van der Waals surface area contributed by atoms with Crippen molar-refractivity contribution >= 4 is 27.6 Å². The topological polar surface area (TPSA) is 80.7 Å². The van der Waals surface area contributed by atoms with Crippen molar-refractivity contribution in [2.75, 3.05) is 30.1 Å². The highest BCUT2D eigenvalue weighted by Gasteiger charge is 2.04. The van der Waals surface area contributed by atoms with Crippen molar-refractivity contribution < 1.29 is 23.1 Å². The molecule has 0 radical (unpaired) electrons. The fraction of sp³-hybridized carbons (Fsp3) is 0.417. The zero-order valence-electron chi connectivity index (χ0n) is 10.5. The Balaban J connectivity index is 2.26. The summed E-state index contributed by atoms with van der Waals surface area (Å²) in [5.74, 6) is 0.868. The van der Waals surface area contributed by atoms with Crippen LogP contribution in [0, 0.1) is 0 Å². The van der Waals surface area contributed by atoms with Gasteiger partial charge in [-0.2, -0.15) is 11.8 Å². The van der Waals surface area contributed by atoms with E-state index in [1.165, 1.54) is 30.2 Å². The van der Waals surface area contributed by atoms with E-state index in [-0.39, 0.29) is 11.3 Å². The van der Waals surface area contributed by atoms with Crippen LogP contribution >= 0.6 is 11.8 Å². The van der Waals surface area contributed by atoms with Gasteiger partial charge in [0.15, 0.2) is 0 Å². The summed E-state index contributed by atoms with van der Waals surface area (Å²) in [5, 5.41) is 8.81. The van der Waals surface area contributed by atoms with E-state index >= 15 is 0 Å². The van der Waals surface area contributed by atoms with Crippen LogP contribution in [0.4, 0.5) is 0 Å². The summed E-state index contributed by atoms with van der Waals surface area (Å²) in [6.45, 7) is 0.414. The Hall–Kier alpha value is -1.21. The molecule has 0 aliphatic rings.